The summed E-state index contributed by atoms with van der Waals surface area (Å²) < 4.78 is 0. The largest absolute Gasteiger partial charge is 0.481 e. The molecule has 4 heteroatoms. The monoisotopic (exact) mass is 180 g/mol. The fourth-order valence-electron chi connectivity index (χ4n) is 1.06. The van der Waals surface area contributed by atoms with Crippen LogP contribution >= 0.6 is 0 Å². The highest BCUT2D eigenvalue weighted by atomic mass is 16.4. The van der Waals surface area contributed by atoms with Crippen molar-refractivity contribution in [3.63, 3.8) is 0 Å². The van der Waals surface area contributed by atoms with Gasteiger partial charge < -0.3 is 10.2 Å². The van der Waals surface area contributed by atoms with Crippen LogP contribution in [0.5, 0.6) is 0 Å². The Hall–Kier alpha value is -1.84. The van der Waals surface area contributed by atoms with Crippen LogP contribution in [0.25, 0.3) is 0 Å². The molecular weight excluding hydrogens is 172 g/mol. The lowest BCUT2D eigenvalue weighted by Crippen LogP contribution is -2.15. The Kier molecular flexibility index (Phi) is 2.64. The molecular formula is C9H8O4. The summed E-state index contributed by atoms with van der Waals surface area (Å²) in [4.78, 5) is 20.9. The van der Waals surface area contributed by atoms with E-state index in [1.807, 2.05) is 0 Å². The first-order valence-electron chi connectivity index (χ1n) is 3.63. The van der Waals surface area contributed by atoms with Crippen molar-refractivity contribution in [1.82, 2.24) is 0 Å². The van der Waals surface area contributed by atoms with E-state index in [9.17, 15) is 9.59 Å². The fourth-order valence-corrected chi connectivity index (χ4v) is 1.06. The predicted octanol–water partition coefficient (Wildman–Crippen LogP) is 0.824. The van der Waals surface area contributed by atoms with Crippen molar-refractivity contribution in [2.45, 2.75) is 0 Å². The van der Waals surface area contributed by atoms with E-state index in [1.54, 1.807) is 12.2 Å². The third-order valence-corrected chi connectivity index (χ3v) is 1.62. The summed E-state index contributed by atoms with van der Waals surface area (Å²) in [6.07, 6.45) is 7.01. The van der Waals surface area contributed by atoms with Crippen LogP contribution in [0.4, 0.5) is 0 Å². The van der Waals surface area contributed by atoms with Gasteiger partial charge in [0.1, 0.15) is 5.92 Å². The second kappa shape index (κ2) is 3.71. The topological polar surface area (TPSA) is 74.6 Å². The van der Waals surface area contributed by atoms with E-state index >= 15 is 0 Å². The molecule has 1 aliphatic carbocycles. The van der Waals surface area contributed by atoms with Crippen LogP contribution in [-0.2, 0) is 9.59 Å². The van der Waals surface area contributed by atoms with Crippen LogP contribution in [0.15, 0.2) is 36.0 Å². The van der Waals surface area contributed by atoms with Crippen molar-refractivity contribution in [3.05, 3.63) is 36.0 Å². The number of carboxylic acid groups (broad SMARTS) is 2. The molecule has 0 aromatic carbocycles. The zero-order valence-electron chi connectivity index (χ0n) is 6.68. The van der Waals surface area contributed by atoms with Gasteiger partial charge in [-0.05, 0) is 5.57 Å². The molecule has 0 fully saturated rings. The van der Waals surface area contributed by atoms with Crippen molar-refractivity contribution in [2.24, 2.45) is 5.92 Å². The van der Waals surface area contributed by atoms with E-state index in [-0.39, 0.29) is 5.57 Å². The Morgan fingerprint density at radius 1 is 1.31 bits per heavy atom. The van der Waals surface area contributed by atoms with Gasteiger partial charge in [-0.25, -0.2) is 4.79 Å². The molecule has 0 saturated heterocycles. The third kappa shape index (κ3) is 2.30. The van der Waals surface area contributed by atoms with Crippen molar-refractivity contribution < 1.29 is 19.8 Å². The first-order chi connectivity index (χ1) is 6.11. The van der Waals surface area contributed by atoms with Gasteiger partial charge in [0.2, 0.25) is 0 Å². The Balaban J connectivity index is 2.95. The molecule has 0 heterocycles. The average Bonchev–Trinajstić information content (AvgIpc) is 2.03. The molecule has 0 aromatic rings. The second-order valence-corrected chi connectivity index (χ2v) is 2.54. The molecule has 2 N–H and O–H groups in total. The minimum atomic E-state index is -1.14. The maximum Gasteiger partial charge on any atom is 0.328 e. The first-order valence-corrected chi connectivity index (χ1v) is 3.63. The number of rotatable bonds is 2. The minimum absolute atomic E-state index is 0.280. The zero-order valence-corrected chi connectivity index (χ0v) is 6.68. The molecule has 0 radical (unpaired) electrons. The van der Waals surface area contributed by atoms with E-state index < -0.39 is 17.9 Å². The van der Waals surface area contributed by atoms with Gasteiger partial charge in [0.05, 0.1) is 0 Å². The van der Waals surface area contributed by atoms with Gasteiger partial charge in [-0.15, -0.1) is 0 Å². The molecule has 1 rings (SSSR count). The summed E-state index contributed by atoms with van der Waals surface area (Å²) in [6.45, 7) is 0. The number of hydrogen-bond acceptors (Lipinski definition) is 2. The van der Waals surface area contributed by atoms with Gasteiger partial charge in [0.15, 0.2) is 0 Å². The predicted molar refractivity (Wildman–Crippen MR) is 45.1 cm³/mol. The maximum atomic E-state index is 10.6. The molecule has 1 aliphatic rings. The Labute approximate surface area is 74.5 Å². The number of carboxylic acids is 2. The Morgan fingerprint density at radius 3 is 2.54 bits per heavy atom. The van der Waals surface area contributed by atoms with Crippen LogP contribution < -0.4 is 0 Å². The highest BCUT2D eigenvalue weighted by Gasteiger charge is 2.19. The average molecular weight is 180 g/mol. The quantitative estimate of drug-likeness (QED) is 0.617. The van der Waals surface area contributed by atoms with Crippen molar-refractivity contribution >= 4 is 11.9 Å². The molecule has 68 valence electrons. The molecule has 13 heavy (non-hydrogen) atoms. The summed E-state index contributed by atoms with van der Waals surface area (Å²) in [5.74, 6) is -3.03. The normalized spacial score (nSPS) is 23.4. The molecule has 0 bridgehead atoms. The standard InChI is InChI=1S/C9H8O4/c10-8(11)5-6-3-1-2-4-7(6)9(12)13/h1-5,7H,(H,10,11)(H,12,13). The fraction of sp³-hybridized carbons (Fsp3) is 0.111. The lowest BCUT2D eigenvalue weighted by atomic mass is 9.94. The van der Waals surface area contributed by atoms with E-state index in [4.69, 9.17) is 10.2 Å². The van der Waals surface area contributed by atoms with Gasteiger partial charge in [-0.2, -0.15) is 0 Å². The molecule has 0 saturated carbocycles. The van der Waals surface area contributed by atoms with Gasteiger partial charge in [0.25, 0.3) is 0 Å². The van der Waals surface area contributed by atoms with Crippen molar-refractivity contribution in [2.75, 3.05) is 0 Å². The molecule has 1 unspecified atom stereocenters. The molecule has 0 spiro atoms. The Morgan fingerprint density at radius 2 is 2.00 bits per heavy atom. The molecule has 1 atom stereocenters. The van der Waals surface area contributed by atoms with Gasteiger partial charge in [-0.3, -0.25) is 4.79 Å². The van der Waals surface area contributed by atoms with E-state index in [1.165, 1.54) is 12.2 Å². The lowest BCUT2D eigenvalue weighted by Gasteiger charge is -2.10. The highest BCUT2D eigenvalue weighted by molar-refractivity contribution is 5.85. The smallest absolute Gasteiger partial charge is 0.328 e. The van der Waals surface area contributed by atoms with Crippen molar-refractivity contribution in [3.8, 4) is 0 Å². The zero-order chi connectivity index (χ0) is 9.84. The molecule has 0 aromatic heterocycles. The molecule has 4 nitrogen and oxygen atoms in total. The summed E-state index contributed by atoms with van der Waals surface area (Å²) >= 11 is 0. The van der Waals surface area contributed by atoms with E-state index in [0.717, 1.165) is 6.08 Å². The highest BCUT2D eigenvalue weighted by Crippen LogP contribution is 2.18. The lowest BCUT2D eigenvalue weighted by molar-refractivity contribution is -0.138. The number of hydrogen-bond donors (Lipinski definition) is 2. The Bertz CT molecular complexity index is 323. The van der Waals surface area contributed by atoms with Gasteiger partial charge in [0, 0.05) is 6.08 Å². The summed E-state index contributed by atoms with van der Waals surface area (Å²) in [7, 11) is 0. The van der Waals surface area contributed by atoms with Gasteiger partial charge >= 0.3 is 11.9 Å². The van der Waals surface area contributed by atoms with E-state index in [2.05, 4.69) is 0 Å². The number of carbonyl (C=O) groups is 2. The van der Waals surface area contributed by atoms with Crippen LogP contribution in [0, 0.1) is 5.92 Å². The van der Waals surface area contributed by atoms with Crippen LogP contribution in [0.2, 0.25) is 0 Å². The minimum Gasteiger partial charge on any atom is -0.481 e. The van der Waals surface area contributed by atoms with Crippen LogP contribution in [-0.4, -0.2) is 22.2 Å². The molecule has 0 amide bonds. The summed E-state index contributed by atoms with van der Waals surface area (Å²) in [5, 5.41) is 17.1. The van der Waals surface area contributed by atoms with E-state index in [0.29, 0.717) is 0 Å². The first kappa shape index (κ1) is 9.25. The van der Waals surface area contributed by atoms with Crippen molar-refractivity contribution in [1.29, 1.82) is 0 Å². The van der Waals surface area contributed by atoms with Gasteiger partial charge in [-0.1, -0.05) is 24.3 Å². The summed E-state index contributed by atoms with van der Waals surface area (Å²) in [5.41, 5.74) is 0.280. The number of aliphatic carboxylic acids is 2. The molecule has 0 aliphatic heterocycles. The number of allylic oxidation sites excluding steroid dienone is 3. The maximum absolute atomic E-state index is 10.6. The summed E-state index contributed by atoms with van der Waals surface area (Å²) in [6, 6.07) is 0. The third-order valence-electron chi connectivity index (χ3n) is 1.62. The van der Waals surface area contributed by atoms with Crippen LogP contribution in [0.3, 0.4) is 0 Å². The van der Waals surface area contributed by atoms with Crippen LogP contribution in [0.1, 0.15) is 0 Å². The second-order valence-electron chi connectivity index (χ2n) is 2.54. The SMILES string of the molecule is O=C(O)C=C1C=CC=CC1C(=O)O.